The van der Waals surface area contributed by atoms with E-state index in [0.717, 1.165) is 29.3 Å². The predicted molar refractivity (Wildman–Crippen MR) is 151 cm³/mol. The van der Waals surface area contributed by atoms with Crippen molar-refractivity contribution in [2.75, 3.05) is 13.1 Å². The molecule has 0 aliphatic carbocycles. The molecule has 1 saturated heterocycles. The molecule has 4 heterocycles. The summed E-state index contributed by atoms with van der Waals surface area (Å²) < 4.78 is 1.66. The van der Waals surface area contributed by atoms with Crippen molar-refractivity contribution in [3.05, 3.63) is 81.0 Å². The number of hydrogen-bond donors (Lipinski definition) is 0. The zero-order chi connectivity index (χ0) is 26.3. The van der Waals surface area contributed by atoms with Gasteiger partial charge in [-0.1, -0.05) is 51.6 Å². The van der Waals surface area contributed by atoms with Crippen LogP contribution in [0.4, 0.5) is 0 Å². The first-order valence-electron chi connectivity index (χ1n) is 11.4. The minimum Gasteiger partial charge on any atom is -0.387 e. The van der Waals surface area contributed by atoms with Gasteiger partial charge in [0.15, 0.2) is 6.10 Å². The van der Waals surface area contributed by atoms with Gasteiger partial charge in [-0.2, -0.15) is 0 Å². The van der Waals surface area contributed by atoms with Crippen molar-refractivity contribution in [1.82, 2.24) is 14.5 Å². The Hall–Kier alpha value is -1.62. The maximum atomic E-state index is 12.8. The Morgan fingerprint density at radius 1 is 1.11 bits per heavy atom. The van der Waals surface area contributed by atoms with E-state index in [2.05, 4.69) is 21.1 Å². The molecule has 2 aliphatic rings. The zero-order valence-corrected chi connectivity index (χ0v) is 24.5. The standard InChI is InChI=1S/C24H19BrCl4N4O3S/c25-15-5-14(27)9-33(24(15)35)10-21(34)32-3-1-12(2-4-32)23-30-19(11-37-23)18-8-20(36-31-18)22-16(28)6-13(26)7-17(22)29/h5-7,9,11-12,20H,1-4,8,10H2. The molecule has 2 aromatic heterocycles. The Balaban J connectivity index is 1.19. The molecule has 7 nitrogen and oxygen atoms in total. The van der Waals surface area contributed by atoms with E-state index < -0.39 is 6.10 Å². The summed E-state index contributed by atoms with van der Waals surface area (Å²) in [5.41, 5.74) is 1.88. The van der Waals surface area contributed by atoms with Crippen LogP contribution in [0, 0.1) is 0 Å². The van der Waals surface area contributed by atoms with E-state index in [1.165, 1.54) is 16.8 Å². The maximum absolute atomic E-state index is 12.8. The van der Waals surface area contributed by atoms with Crippen molar-refractivity contribution in [3.8, 4) is 0 Å². The van der Waals surface area contributed by atoms with Crippen LogP contribution in [-0.2, 0) is 16.2 Å². The Labute approximate surface area is 245 Å². The Bertz CT molecular complexity index is 1430. The van der Waals surface area contributed by atoms with E-state index in [-0.39, 0.29) is 23.9 Å². The van der Waals surface area contributed by atoms with Crippen LogP contribution >= 0.6 is 73.7 Å². The highest BCUT2D eigenvalue weighted by molar-refractivity contribution is 9.10. The fraction of sp³-hybridized carbons (Fsp3) is 0.333. The van der Waals surface area contributed by atoms with Crippen molar-refractivity contribution >= 4 is 85.3 Å². The minimum atomic E-state index is -0.403. The van der Waals surface area contributed by atoms with E-state index in [0.29, 0.717) is 49.6 Å². The number of likely N-dealkylation sites (tertiary alicyclic amines) is 1. The Kier molecular flexibility index (Phi) is 8.19. The van der Waals surface area contributed by atoms with Crippen LogP contribution < -0.4 is 5.56 Å². The van der Waals surface area contributed by atoms with E-state index in [1.807, 2.05) is 5.38 Å². The van der Waals surface area contributed by atoms with Crippen molar-refractivity contribution in [1.29, 1.82) is 0 Å². The summed E-state index contributed by atoms with van der Waals surface area (Å²) in [4.78, 5) is 37.3. The van der Waals surface area contributed by atoms with Crippen molar-refractivity contribution in [2.45, 2.75) is 37.8 Å². The lowest BCUT2D eigenvalue weighted by molar-refractivity contribution is -0.132. The SMILES string of the molecule is O=C(Cn1cc(Cl)cc(Br)c1=O)N1CCC(c2nc(C3=NOC(c4c(Cl)cc(Cl)cc4Cl)C3)cs2)CC1. The number of carbonyl (C=O) groups excluding carboxylic acids is 1. The average Bonchev–Trinajstić information content (AvgIpc) is 3.52. The molecular weight excluding hydrogens is 646 g/mol. The maximum Gasteiger partial charge on any atom is 0.265 e. The number of rotatable bonds is 5. The fourth-order valence-electron chi connectivity index (χ4n) is 4.46. The largest absolute Gasteiger partial charge is 0.387 e. The lowest BCUT2D eigenvalue weighted by Crippen LogP contribution is -2.41. The van der Waals surface area contributed by atoms with Gasteiger partial charge in [-0.25, -0.2) is 4.98 Å². The van der Waals surface area contributed by atoms with E-state index in [9.17, 15) is 9.59 Å². The summed E-state index contributed by atoms with van der Waals surface area (Å²) in [7, 11) is 0. The van der Waals surface area contributed by atoms with Gasteiger partial charge in [-0.05, 0) is 47.0 Å². The van der Waals surface area contributed by atoms with Crippen LogP contribution in [0.1, 0.15) is 47.5 Å². The Morgan fingerprint density at radius 3 is 2.51 bits per heavy atom. The third-order valence-electron chi connectivity index (χ3n) is 6.36. The highest BCUT2D eigenvalue weighted by atomic mass is 79.9. The van der Waals surface area contributed by atoms with E-state index in [1.54, 1.807) is 28.4 Å². The molecule has 1 amide bonds. The molecule has 0 spiro atoms. The lowest BCUT2D eigenvalue weighted by atomic mass is 9.97. The molecule has 194 valence electrons. The first-order valence-corrected chi connectivity index (χ1v) is 14.5. The second-order valence-corrected chi connectivity index (χ2v) is 12.2. The first kappa shape index (κ1) is 27.0. The number of carbonyl (C=O) groups is 1. The monoisotopic (exact) mass is 662 g/mol. The van der Waals surface area contributed by atoms with Crippen LogP contribution in [0.2, 0.25) is 20.1 Å². The second kappa shape index (κ2) is 11.2. The van der Waals surface area contributed by atoms with Crippen molar-refractivity contribution in [2.24, 2.45) is 5.16 Å². The minimum absolute atomic E-state index is 0.0489. The highest BCUT2D eigenvalue weighted by Crippen LogP contribution is 2.40. The van der Waals surface area contributed by atoms with Gasteiger partial charge < -0.3 is 14.3 Å². The van der Waals surface area contributed by atoms with Gasteiger partial charge in [0.25, 0.3) is 5.56 Å². The number of oxime groups is 1. The summed E-state index contributed by atoms with van der Waals surface area (Å²) in [6, 6.07) is 4.79. The molecule has 1 unspecified atom stereocenters. The fourth-order valence-corrected chi connectivity index (χ4v) is 7.35. The second-order valence-electron chi connectivity index (χ2n) is 8.78. The average molecular weight is 665 g/mol. The van der Waals surface area contributed by atoms with Crippen LogP contribution in [0.5, 0.6) is 0 Å². The van der Waals surface area contributed by atoms with E-state index in [4.69, 9.17) is 56.2 Å². The molecule has 1 atom stereocenters. The number of hydrogen-bond acceptors (Lipinski definition) is 6. The van der Waals surface area contributed by atoms with Crippen LogP contribution in [-0.4, -0.2) is 39.2 Å². The molecule has 1 aromatic carbocycles. The molecule has 0 N–H and O–H groups in total. The summed E-state index contributed by atoms with van der Waals surface area (Å²) in [5.74, 6) is 0.127. The van der Waals surface area contributed by atoms with Gasteiger partial charge in [0.2, 0.25) is 5.91 Å². The topological polar surface area (TPSA) is 76.8 Å². The lowest BCUT2D eigenvalue weighted by Gasteiger charge is -2.31. The number of pyridine rings is 1. The molecule has 3 aromatic rings. The molecule has 0 radical (unpaired) electrons. The predicted octanol–water partition coefficient (Wildman–Crippen LogP) is 6.95. The van der Waals surface area contributed by atoms with Crippen LogP contribution in [0.25, 0.3) is 0 Å². The molecule has 0 saturated carbocycles. The summed E-state index contributed by atoms with van der Waals surface area (Å²) in [5, 5.41) is 8.95. The van der Waals surface area contributed by atoms with E-state index >= 15 is 0 Å². The van der Waals surface area contributed by atoms with Gasteiger partial charge in [0, 0.05) is 47.6 Å². The van der Waals surface area contributed by atoms with Gasteiger partial charge in [-0.3, -0.25) is 9.59 Å². The first-order chi connectivity index (χ1) is 17.7. The number of nitrogens with zero attached hydrogens (tertiary/aromatic N) is 4. The number of piperidine rings is 1. The third kappa shape index (κ3) is 5.87. The van der Waals surface area contributed by atoms with Gasteiger partial charge in [0.1, 0.15) is 12.3 Å². The van der Waals surface area contributed by atoms with Crippen LogP contribution in [0.3, 0.4) is 0 Å². The third-order valence-corrected chi connectivity index (χ3v) is 8.99. The summed E-state index contributed by atoms with van der Waals surface area (Å²) >= 11 is 29.5. The normalized spacial score (nSPS) is 18.1. The van der Waals surface area contributed by atoms with Gasteiger partial charge in [-0.15, -0.1) is 11.3 Å². The zero-order valence-electron chi connectivity index (χ0n) is 19.1. The Morgan fingerprint density at radius 2 is 1.81 bits per heavy atom. The number of benzene rings is 1. The number of aromatic nitrogens is 2. The molecule has 37 heavy (non-hydrogen) atoms. The van der Waals surface area contributed by atoms with Crippen molar-refractivity contribution in [3.63, 3.8) is 0 Å². The summed E-state index contributed by atoms with van der Waals surface area (Å²) in [6.45, 7) is 1.13. The number of amides is 1. The molecule has 0 bridgehead atoms. The van der Waals surface area contributed by atoms with Crippen molar-refractivity contribution < 1.29 is 9.63 Å². The van der Waals surface area contributed by atoms with Crippen LogP contribution in [0.15, 0.2) is 44.2 Å². The summed E-state index contributed by atoms with van der Waals surface area (Å²) in [6.07, 6.45) is 3.14. The number of thiazole rings is 1. The number of halogens is 5. The molecule has 1 fully saturated rings. The smallest absolute Gasteiger partial charge is 0.265 e. The molecule has 2 aliphatic heterocycles. The molecule has 13 heteroatoms. The quantitative estimate of drug-likeness (QED) is 0.296. The highest BCUT2D eigenvalue weighted by Gasteiger charge is 2.31. The molecular formula is C24H19BrCl4N4O3S. The van der Waals surface area contributed by atoms with Gasteiger partial charge >= 0.3 is 0 Å². The molecule has 5 rings (SSSR count). The van der Waals surface area contributed by atoms with Gasteiger partial charge in [0.05, 0.1) is 30.2 Å².